The second-order valence-electron chi connectivity index (χ2n) is 7.57. The summed E-state index contributed by atoms with van der Waals surface area (Å²) in [5.41, 5.74) is 3.89. The maximum Gasteiger partial charge on any atom is 0.410 e. The highest BCUT2D eigenvalue weighted by Crippen LogP contribution is 2.25. The molecule has 2 rings (SSSR count). The number of terminal acetylenes is 1. The van der Waals surface area contributed by atoms with Gasteiger partial charge < -0.3 is 9.64 Å². The van der Waals surface area contributed by atoms with Crippen LogP contribution in [-0.2, 0) is 11.3 Å². The van der Waals surface area contributed by atoms with Crippen molar-refractivity contribution in [2.75, 3.05) is 26.2 Å². The quantitative estimate of drug-likeness (QED) is 0.646. The molecule has 1 fully saturated rings. The van der Waals surface area contributed by atoms with Crippen LogP contribution in [0.4, 0.5) is 4.79 Å². The first-order valence-corrected chi connectivity index (χ1v) is 9.06. The maximum atomic E-state index is 12.2. The van der Waals surface area contributed by atoms with E-state index >= 15 is 0 Å². The summed E-state index contributed by atoms with van der Waals surface area (Å²) in [6.07, 6.45) is 5.44. The molecule has 1 amide bonds. The SMILES string of the molecule is C#Cc1c(C)c(S)cc(CN2CCN(C(=O)OC(C)(C)C)CC2)c1C. The van der Waals surface area contributed by atoms with Gasteiger partial charge in [0.05, 0.1) is 0 Å². The van der Waals surface area contributed by atoms with Gasteiger partial charge in [-0.3, -0.25) is 4.90 Å². The summed E-state index contributed by atoms with van der Waals surface area (Å²) in [6.45, 7) is 13.6. The van der Waals surface area contributed by atoms with Crippen LogP contribution in [0.5, 0.6) is 0 Å². The molecule has 0 unspecified atom stereocenters. The number of thiol groups is 1. The topological polar surface area (TPSA) is 32.8 Å². The lowest BCUT2D eigenvalue weighted by molar-refractivity contribution is 0.0139. The van der Waals surface area contributed by atoms with Gasteiger partial charge in [0.15, 0.2) is 0 Å². The number of nitrogens with zero attached hydrogens (tertiary/aromatic N) is 2. The van der Waals surface area contributed by atoms with Crippen LogP contribution in [0.1, 0.15) is 43.0 Å². The average Bonchev–Trinajstić information content (AvgIpc) is 2.52. The second kappa shape index (κ2) is 7.72. The van der Waals surface area contributed by atoms with Crippen molar-refractivity contribution in [3.05, 3.63) is 28.3 Å². The minimum Gasteiger partial charge on any atom is -0.444 e. The molecule has 25 heavy (non-hydrogen) atoms. The van der Waals surface area contributed by atoms with Gasteiger partial charge in [0, 0.05) is 43.2 Å². The lowest BCUT2D eigenvalue weighted by Crippen LogP contribution is -2.49. The molecule has 1 aliphatic rings. The van der Waals surface area contributed by atoms with Crippen molar-refractivity contribution >= 4 is 18.7 Å². The molecule has 0 atom stereocenters. The molecule has 0 aliphatic carbocycles. The van der Waals surface area contributed by atoms with E-state index in [1.807, 2.05) is 27.7 Å². The zero-order valence-corrected chi connectivity index (χ0v) is 16.7. The van der Waals surface area contributed by atoms with E-state index in [1.54, 1.807) is 4.90 Å². The van der Waals surface area contributed by atoms with Gasteiger partial charge in [0.1, 0.15) is 5.60 Å². The molecule has 1 aromatic rings. The van der Waals surface area contributed by atoms with Gasteiger partial charge in [-0.1, -0.05) is 5.92 Å². The molecule has 0 aromatic heterocycles. The van der Waals surface area contributed by atoms with Gasteiger partial charge in [-0.25, -0.2) is 4.79 Å². The van der Waals surface area contributed by atoms with Crippen LogP contribution < -0.4 is 0 Å². The van der Waals surface area contributed by atoms with Crippen LogP contribution in [0.3, 0.4) is 0 Å². The smallest absolute Gasteiger partial charge is 0.410 e. The number of rotatable bonds is 2. The molecule has 136 valence electrons. The van der Waals surface area contributed by atoms with Crippen molar-refractivity contribution in [1.29, 1.82) is 0 Å². The first-order chi connectivity index (χ1) is 11.6. The van der Waals surface area contributed by atoms with Gasteiger partial charge in [-0.15, -0.1) is 19.1 Å². The second-order valence-corrected chi connectivity index (χ2v) is 8.05. The molecule has 0 bridgehead atoms. The van der Waals surface area contributed by atoms with Crippen LogP contribution in [0, 0.1) is 26.2 Å². The van der Waals surface area contributed by atoms with Crippen LogP contribution in [0.2, 0.25) is 0 Å². The number of ether oxygens (including phenoxy) is 1. The fourth-order valence-electron chi connectivity index (χ4n) is 2.99. The van der Waals surface area contributed by atoms with E-state index in [0.717, 1.165) is 41.2 Å². The average molecular weight is 361 g/mol. The normalized spacial score (nSPS) is 15.8. The predicted molar refractivity (Wildman–Crippen MR) is 104 cm³/mol. The van der Waals surface area contributed by atoms with Gasteiger partial charge in [-0.2, -0.15) is 0 Å². The van der Waals surface area contributed by atoms with Crippen LogP contribution >= 0.6 is 12.6 Å². The van der Waals surface area contributed by atoms with E-state index in [0.29, 0.717) is 13.1 Å². The number of carbonyl (C=O) groups excluding carboxylic acids is 1. The van der Waals surface area contributed by atoms with Gasteiger partial charge in [0.2, 0.25) is 0 Å². The molecular weight excluding hydrogens is 332 g/mol. The molecule has 1 aliphatic heterocycles. The molecule has 0 N–H and O–H groups in total. The molecular formula is C20H28N2O2S. The third kappa shape index (κ3) is 4.93. The summed E-state index contributed by atoms with van der Waals surface area (Å²) in [7, 11) is 0. The zero-order valence-electron chi connectivity index (χ0n) is 15.8. The Morgan fingerprint density at radius 3 is 2.36 bits per heavy atom. The predicted octanol–water partition coefficient (Wildman–Crippen LogP) is 3.63. The fourth-order valence-corrected chi connectivity index (χ4v) is 3.26. The molecule has 0 spiro atoms. The van der Waals surface area contributed by atoms with E-state index in [1.165, 1.54) is 5.56 Å². The Balaban J connectivity index is 2.00. The highest BCUT2D eigenvalue weighted by Gasteiger charge is 2.26. The molecule has 1 aromatic carbocycles. The first-order valence-electron chi connectivity index (χ1n) is 8.61. The Bertz CT molecular complexity index is 693. The van der Waals surface area contributed by atoms with Crippen LogP contribution in [0.25, 0.3) is 0 Å². The van der Waals surface area contributed by atoms with Crippen molar-refractivity contribution < 1.29 is 9.53 Å². The van der Waals surface area contributed by atoms with Crippen LogP contribution in [0.15, 0.2) is 11.0 Å². The summed E-state index contributed by atoms with van der Waals surface area (Å²) >= 11 is 4.55. The highest BCUT2D eigenvalue weighted by atomic mass is 32.1. The van der Waals surface area contributed by atoms with Crippen molar-refractivity contribution in [3.8, 4) is 12.3 Å². The molecule has 1 saturated heterocycles. The summed E-state index contributed by atoms with van der Waals surface area (Å²) in [6, 6.07) is 2.11. The van der Waals surface area contributed by atoms with Crippen LogP contribution in [-0.4, -0.2) is 47.7 Å². The van der Waals surface area contributed by atoms with Gasteiger partial charge >= 0.3 is 6.09 Å². The van der Waals surface area contributed by atoms with E-state index in [2.05, 4.69) is 36.4 Å². The number of benzene rings is 1. The standard InChI is InChI=1S/C20H28N2O2S/c1-7-17-14(2)16(12-18(25)15(17)3)13-21-8-10-22(11-9-21)19(23)24-20(4,5)6/h1,12,25H,8-11,13H2,2-6H3. The Labute approximate surface area is 156 Å². The minimum absolute atomic E-state index is 0.231. The van der Waals surface area contributed by atoms with Crippen molar-refractivity contribution in [3.63, 3.8) is 0 Å². The number of carbonyl (C=O) groups is 1. The van der Waals surface area contributed by atoms with E-state index < -0.39 is 5.60 Å². The Morgan fingerprint density at radius 2 is 1.84 bits per heavy atom. The van der Waals surface area contributed by atoms with Crippen molar-refractivity contribution in [2.45, 2.75) is 51.7 Å². The van der Waals surface area contributed by atoms with E-state index in [-0.39, 0.29) is 6.09 Å². The third-order valence-corrected chi connectivity index (χ3v) is 4.95. The largest absolute Gasteiger partial charge is 0.444 e. The summed E-state index contributed by atoms with van der Waals surface area (Å²) in [5.74, 6) is 2.79. The van der Waals surface area contributed by atoms with Gasteiger partial charge in [-0.05, 0) is 57.4 Å². The zero-order chi connectivity index (χ0) is 18.8. The Kier molecular flexibility index (Phi) is 6.08. The molecule has 1 heterocycles. The molecule has 0 radical (unpaired) electrons. The molecule has 5 heteroatoms. The number of amides is 1. The third-order valence-electron chi connectivity index (χ3n) is 4.49. The lowest BCUT2D eigenvalue weighted by atomic mass is 9.97. The first kappa shape index (κ1) is 19.7. The monoisotopic (exact) mass is 360 g/mol. The van der Waals surface area contributed by atoms with E-state index in [9.17, 15) is 4.79 Å². The van der Waals surface area contributed by atoms with Crippen molar-refractivity contribution in [1.82, 2.24) is 9.80 Å². The summed E-state index contributed by atoms with van der Waals surface area (Å²) < 4.78 is 5.45. The summed E-state index contributed by atoms with van der Waals surface area (Å²) in [5, 5.41) is 0. The maximum absolute atomic E-state index is 12.2. The Hall–Kier alpha value is -1.64. The van der Waals surface area contributed by atoms with Gasteiger partial charge in [0.25, 0.3) is 0 Å². The molecule has 4 nitrogen and oxygen atoms in total. The fraction of sp³-hybridized carbons (Fsp3) is 0.550. The van der Waals surface area contributed by atoms with E-state index in [4.69, 9.17) is 11.2 Å². The summed E-state index contributed by atoms with van der Waals surface area (Å²) in [4.78, 5) is 17.2. The highest BCUT2D eigenvalue weighted by molar-refractivity contribution is 7.80. The number of hydrogen-bond acceptors (Lipinski definition) is 4. The Morgan fingerprint density at radius 1 is 1.24 bits per heavy atom. The number of piperazine rings is 1. The lowest BCUT2D eigenvalue weighted by Gasteiger charge is -2.36. The van der Waals surface area contributed by atoms with Crippen molar-refractivity contribution in [2.24, 2.45) is 0 Å². The number of hydrogen-bond donors (Lipinski definition) is 1. The molecule has 0 saturated carbocycles. The minimum atomic E-state index is -0.457.